The highest BCUT2D eigenvalue weighted by atomic mass is 79.9. The molecule has 0 radical (unpaired) electrons. The molecule has 0 aliphatic rings. The van der Waals surface area contributed by atoms with E-state index in [1.807, 2.05) is 19.1 Å². The van der Waals surface area contributed by atoms with Gasteiger partial charge in [0, 0.05) is 10.9 Å². The highest BCUT2D eigenvalue weighted by Gasteiger charge is 2.10. The van der Waals surface area contributed by atoms with Crippen molar-refractivity contribution in [3.05, 3.63) is 27.7 Å². The minimum atomic E-state index is -3.40. The monoisotopic (exact) mass is 356 g/mol. The van der Waals surface area contributed by atoms with E-state index < -0.39 is 10.1 Å². The molecule has 0 saturated carbocycles. The van der Waals surface area contributed by atoms with E-state index in [1.54, 1.807) is 6.07 Å². The fourth-order valence-corrected chi connectivity index (χ4v) is 2.13. The second kappa shape index (κ2) is 6.75. The average molecular weight is 358 g/mol. The summed E-state index contributed by atoms with van der Waals surface area (Å²) in [6, 6.07) is 5.37. The lowest BCUT2D eigenvalue weighted by Crippen LogP contribution is -2.16. The molecule has 0 aromatic heterocycles. The van der Waals surface area contributed by atoms with Crippen molar-refractivity contribution < 1.29 is 17.3 Å². The summed E-state index contributed by atoms with van der Waals surface area (Å²) in [7, 11) is -3.40. The van der Waals surface area contributed by atoms with Gasteiger partial charge in [-0.25, -0.2) is 0 Å². The number of rotatable bonds is 6. The summed E-state index contributed by atoms with van der Waals surface area (Å²) < 4.78 is 32.6. The summed E-state index contributed by atoms with van der Waals surface area (Å²) in [5.41, 5.74) is 0. The van der Waals surface area contributed by atoms with E-state index in [0.29, 0.717) is 17.2 Å². The molecule has 0 fully saturated rings. The third-order valence-electron chi connectivity index (χ3n) is 2.07. The third kappa shape index (κ3) is 5.56. The molecule has 1 atom stereocenters. The van der Waals surface area contributed by atoms with Crippen LogP contribution in [0, 0.1) is 0 Å². The molecule has 18 heavy (non-hydrogen) atoms. The number of hydrogen-bond acceptors (Lipinski definition) is 4. The average Bonchev–Trinajstić information content (AvgIpc) is 2.23. The Balaban J connectivity index is 2.50. The van der Waals surface area contributed by atoms with Crippen molar-refractivity contribution in [2.24, 2.45) is 0 Å². The second-order valence-electron chi connectivity index (χ2n) is 3.80. The van der Waals surface area contributed by atoms with Crippen molar-refractivity contribution in [1.82, 2.24) is 0 Å². The van der Waals surface area contributed by atoms with Crippen LogP contribution in [0.15, 0.2) is 22.7 Å². The molecule has 0 bridgehead atoms. The summed E-state index contributed by atoms with van der Waals surface area (Å²) in [4.78, 5) is 0. The molecule has 4 nitrogen and oxygen atoms in total. The first-order chi connectivity index (χ1) is 8.29. The molecule has 0 aliphatic carbocycles. The summed E-state index contributed by atoms with van der Waals surface area (Å²) in [6.07, 6.45) is 1.28. The Morgan fingerprint density at radius 1 is 1.44 bits per heavy atom. The maximum atomic E-state index is 10.8. The van der Waals surface area contributed by atoms with E-state index in [0.717, 1.165) is 10.7 Å². The highest BCUT2D eigenvalue weighted by Crippen LogP contribution is 2.32. The SMILES string of the molecule is C[C@@H](CCOS(C)(=O)=O)Oc1cccc(Br)c1Cl. The van der Waals surface area contributed by atoms with Gasteiger partial charge in [0.1, 0.15) is 5.75 Å². The van der Waals surface area contributed by atoms with Crippen molar-refractivity contribution in [3.8, 4) is 5.75 Å². The van der Waals surface area contributed by atoms with Crippen molar-refractivity contribution in [2.45, 2.75) is 19.4 Å². The second-order valence-corrected chi connectivity index (χ2v) is 6.67. The number of halogens is 2. The minimum Gasteiger partial charge on any atom is -0.489 e. The van der Waals surface area contributed by atoms with E-state index in [1.165, 1.54) is 0 Å². The highest BCUT2D eigenvalue weighted by molar-refractivity contribution is 9.10. The number of benzene rings is 1. The zero-order valence-corrected chi connectivity index (χ0v) is 13.2. The standard InChI is InChI=1S/C11H14BrClO4S/c1-8(6-7-16-18(2,14)15)17-10-5-3-4-9(12)11(10)13/h3-5,8H,6-7H2,1-2H3/t8-/m0/s1. The zero-order valence-electron chi connectivity index (χ0n) is 10.0. The first kappa shape index (κ1) is 15.8. The first-order valence-corrected chi connectivity index (χ1v) is 8.23. The van der Waals surface area contributed by atoms with Gasteiger partial charge in [-0.2, -0.15) is 8.42 Å². The predicted molar refractivity (Wildman–Crippen MR) is 74.7 cm³/mol. The van der Waals surface area contributed by atoms with Crippen LogP contribution in [-0.4, -0.2) is 27.4 Å². The first-order valence-electron chi connectivity index (χ1n) is 5.24. The molecule has 0 N–H and O–H groups in total. The third-order valence-corrected chi connectivity index (χ3v) is 3.94. The smallest absolute Gasteiger partial charge is 0.264 e. The summed E-state index contributed by atoms with van der Waals surface area (Å²) in [5, 5.41) is 0.494. The Hall–Kier alpha value is -0.300. The maximum absolute atomic E-state index is 10.8. The maximum Gasteiger partial charge on any atom is 0.264 e. The van der Waals surface area contributed by atoms with Gasteiger partial charge in [-0.3, -0.25) is 4.18 Å². The molecule has 1 aromatic carbocycles. The van der Waals surface area contributed by atoms with Crippen LogP contribution in [0.3, 0.4) is 0 Å². The molecule has 0 spiro atoms. The molecule has 0 unspecified atom stereocenters. The Morgan fingerprint density at radius 3 is 2.72 bits per heavy atom. The Morgan fingerprint density at radius 2 is 2.11 bits per heavy atom. The molecule has 1 rings (SSSR count). The Kier molecular flexibility index (Phi) is 5.91. The quantitative estimate of drug-likeness (QED) is 0.733. The van der Waals surface area contributed by atoms with Gasteiger partial charge in [-0.05, 0) is 35.0 Å². The van der Waals surface area contributed by atoms with Crippen LogP contribution in [0.4, 0.5) is 0 Å². The van der Waals surface area contributed by atoms with Crippen LogP contribution in [0.25, 0.3) is 0 Å². The lowest BCUT2D eigenvalue weighted by atomic mass is 10.3. The summed E-state index contributed by atoms with van der Waals surface area (Å²) in [6.45, 7) is 1.91. The van der Waals surface area contributed by atoms with E-state index in [4.69, 9.17) is 16.3 Å². The van der Waals surface area contributed by atoms with Crippen molar-refractivity contribution in [3.63, 3.8) is 0 Å². The largest absolute Gasteiger partial charge is 0.489 e. The topological polar surface area (TPSA) is 52.6 Å². The number of ether oxygens (including phenoxy) is 1. The van der Waals surface area contributed by atoms with Crippen molar-refractivity contribution in [2.75, 3.05) is 12.9 Å². The fourth-order valence-electron chi connectivity index (χ4n) is 1.22. The van der Waals surface area contributed by atoms with Crippen LogP contribution in [-0.2, 0) is 14.3 Å². The summed E-state index contributed by atoms with van der Waals surface area (Å²) >= 11 is 9.34. The predicted octanol–water partition coefficient (Wildman–Crippen LogP) is 3.24. The van der Waals surface area contributed by atoms with Crippen LogP contribution in [0.1, 0.15) is 13.3 Å². The van der Waals surface area contributed by atoms with E-state index in [9.17, 15) is 8.42 Å². The van der Waals surface area contributed by atoms with E-state index in [2.05, 4.69) is 20.1 Å². The van der Waals surface area contributed by atoms with E-state index in [-0.39, 0.29) is 12.7 Å². The van der Waals surface area contributed by atoms with Gasteiger partial charge < -0.3 is 4.74 Å². The lowest BCUT2D eigenvalue weighted by molar-refractivity contribution is 0.180. The molecule has 0 aliphatic heterocycles. The van der Waals surface area contributed by atoms with Crippen LogP contribution in [0.5, 0.6) is 5.75 Å². The van der Waals surface area contributed by atoms with Gasteiger partial charge in [-0.1, -0.05) is 17.7 Å². The van der Waals surface area contributed by atoms with Gasteiger partial charge in [0.15, 0.2) is 0 Å². The van der Waals surface area contributed by atoms with Crippen molar-refractivity contribution >= 4 is 37.6 Å². The van der Waals surface area contributed by atoms with Crippen LogP contribution >= 0.6 is 27.5 Å². The van der Waals surface area contributed by atoms with Gasteiger partial charge >= 0.3 is 0 Å². The molecule has 1 aromatic rings. The van der Waals surface area contributed by atoms with Gasteiger partial charge in [0.05, 0.1) is 24.0 Å². The zero-order chi connectivity index (χ0) is 13.8. The van der Waals surface area contributed by atoms with Crippen LogP contribution < -0.4 is 4.74 Å². The van der Waals surface area contributed by atoms with Gasteiger partial charge in [0.25, 0.3) is 10.1 Å². The van der Waals surface area contributed by atoms with E-state index >= 15 is 0 Å². The number of hydrogen-bond donors (Lipinski definition) is 0. The molecule has 102 valence electrons. The molecule has 0 heterocycles. The van der Waals surface area contributed by atoms with Gasteiger partial charge in [0.2, 0.25) is 0 Å². The molecular formula is C11H14BrClO4S. The van der Waals surface area contributed by atoms with Crippen molar-refractivity contribution in [1.29, 1.82) is 0 Å². The lowest BCUT2D eigenvalue weighted by Gasteiger charge is -2.15. The molecule has 0 amide bonds. The summed E-state index contributed by atoms with van der Waals surface area (Å²) in [5.74, 6) is 0.554. The molecular weight excluding hydrogens is 344 g/mol. The molecule has 0 saturated heterocycles. The normalized spacial score (nSPS) is 13.3. The van der Waals surface area contributed by atoms with Gasteiger partial charge in [-0.15, -0.1) is 0 Å². The Bertz CT molecular complexity index is 504. The van der Waals surface area contributed by atoms with Crippen LogP contribution in [0.2, 0.25) is 5.02 Å². The Labute approximate surface area is 120 Å². The minimum absolute atomic E-state index is 0.0889. The fraction of sp³-hybridized carbons (Fsp3) is 0.455. The molecule has 7 heteroatoms.